The second kappa shape index (κ2) is 8.90. The van der Waals surface area contributed by atoms with E-state index in [9.17, 15) is 0 Å². The first-order valence-electron chi connectivity index (χ1n) is 9.33. The molecule has 28 heavy (non-hydrogen) atoms. The van der Waals surface area contributed by atoms with Gasteiger partial charge in [0.15, 0.2) is 5.82 Å². The number of anilines is 1. The molecule has 0 aliphatic rings. The van der Waals surface area contributed by atoms with Crippen molar-refractivity contribution in [3.05, 3.63) is 90.1 Å². The highest BCUT2D eigenvalue weighted by Gasteiger charge is 2.09. The molecule has 1 N–H and O–H groups in total. The molecular formula is C22H21N5O. The van der Waals surface area contributed by atoms with Crippen LogP contribution in [0.2, 0.25) is 0 Å². The summed E-state index contributed by atoms with van der Waals surface area (Å²) in [6, 6.07) is 20.1. The summed E-state index contributed by atoms with van der Waals surface area (Å²) in [5, 5.41) is 7.33. The Morgan fingerprint density at radius 3 is 2.54 bits per heavy atom. The van der Waals surface area contributed by atoms with Gasteiger partial charge in [-0.1, -0.05) is 41.6 Å². The lowest BCUT2D eigenvalue weighted by atomic mass is 10.1. The van der Waals surface area contributed by atoms with Crippen molar-refractivity contribution in [1.29, 1.82) is 0 Å². The smallest absolute Gasteiger partial charge is 0.259 e. The summed E-state index contributed by atoms with van der Waals surface area (Å²) in [4.78, 5) is 13.2. The van der Waals surface area contributed by atoms with E-state index in [4.69, 9.17) is 4.52 Å². The minimum atomic E-state index is 0.499. The first kappa shape index (κ1) is 17.9. The van der Waals surface area contributed by atoms with Crippen LogP contribution in [0.25, 0.3) is 11.5 Å². The molecular weight excluding hydrogens is 350 g/mol. The quantitative estimate of drug-likeness (QED) is 0.497. The standard InChI is InChI=1S/C22H21N5O/c1-2-7-17(8-3-1)9-6-11-21-26-22(28-27-21)18-12-13-20(24-15-18)25-16-19-10-4-5-14-23-19/h1-5,7-8,10,12-15H,6,9,11,16H2,(H,24,25). The van der Waals surface area contributed by atoms with Gasteiger partial charge in [0.1, 0.15) is 5.82 Å². The van der Waals surface area contributed by atoms with E-state index in [0.29, 0.717) is 12.4 Å². The van der Waals surface area contributed by atoms with E-state index in [1.165, 1.54) is 5.56 Å². The molecule has 3 aromatic heterocycles. The van der Waals surface area contributed by atoms with Crippen LogP contribution in [0.15, 0.2) is 77.6 Å². The van der Waals surface area contributed by atoms with E-state index in [-0.39, 0.29) is 0 Å². The summed E-state index contributed by atoms with van der Waals surface area (Å²) in [6.45, 7) is 0.624. The van der Waals surface area contributed by atoms with Crippen molar-refractivity contribution in [3.8, 4) is 11.5 Å². The average molecular weight is 371 g/mol. The third-order valence-corrected chi connectivity index (χ3v) is 4.36. The van der Waals surface area contributed by atoms with E-state index in [2.05, 4.69) is 49.7 Å². The molecule has 4 aromatic rings. The molecule has 1 aromatic carbocycles. The van der Waals surface area contributed by atoms with Gasteiger partial charge in [0.05, 0.1) is 17.8 Å². The maximum atomic E-state index is 5.39. The Labute approximate surface area is 163 Å². The van der Waals surface area contributed by atoms with E-state index < -0.39 is 0 Å². The Kier molecular flexibility index (Phi) is 5.68. The fraction of sp³-hybridized carbons (Fsp3) is 0.182. The number of benzene rings is 1. The van der Waals surface area contributed by atoms with E-state index in [0.717, 1.165) is 42.2 Å². The lowest BCUT2D eigenvalue weighted by Crippen LogP contribution is -2.02. The molecule has 0 spiro atoms. The second-order valence-electron chi connectivity index (χ2n) is 6.46. The third kappa shape index (κ3) is 4.79. The van der Waals surface area contributed by atoms with Crippen LogP contribution in [-0.4, -0.2) is 20.1 Å². The van der Waals surface area contributed by atoms with Crippen LogP contribution in [-0.2, 0) is 19.4 Å². The highest BCUT2D eigenvalue weighted by Crippen LogP contribution is 2.18. The van der Waals surface area contributed by atoms with Crippen molar-refractivity contribution in [3.63, 3.8) is 0 Å². The van der Waals surface area contributed by atoms with Gasteiger partial charge in [0.25, 0.3) is 5.89 Å². The average Bonchev–Trinajstić information content (AvgIpc) is 3.23. The number of nitrogens with zero attached hydrogens (tertiary/aromatic N) is 4. The number of nitrogens with one attached hydrogen (secondary N) is 1. The SMILES string of the molecule is c1ccc(CCCc2noc(-c3ccc(NCc4ccccn4)nc3)n2)cc1. The van der Waals surface area contributed by atoms with Gasteiger partial charge >= 0.3 is 0 Å². The van der Waals surface area contributed by atoms with Crippen LogP contribution in [0.3, 0.4) is 0 Å². The molecule has 4 rings (SSSR count). The van der Waals surface area contributed by atoms with Crippen LogP contribution in [0.1, 0.15) is 23.5 Å². The van der Waals surface area contributed by atoms with Gasteiger partial charge < -0.3 is 9.84 Å². The minimum Gasteiger partial charge on any atom is -0.364 e. The van der Waals surface area contributed by atoms with Crippen LogP contribution in [0, 0.1) is 0 Å². The number of aryl methyl sites for hydroxylation is 2. The molecule has 0 saturated heterocycles. The van der Waals surface area contributed by atoms with Crippen molar-refractivity contribution in [1.82, 2.24) is 20.1 Å². The molecule has 0 aliphatic carbocycles. The molecule has 0 fully saturated rings. The van der Waals surface area contributed by atoms with Gasteiger partial charge in [-0.3, -0.25) is 4.98 Å². The van der Waals surface area contributed by atoms with Crippen molar-refractivity contribution in [2.75, 3.05) is 5.32 Å². The van der Waals surface area contributed by atoms with E-state index >= 15 is 0 Å². The number of rotatable bonds is 8. The molecule has 6 heteroatoms. The van der Waals surface area contributed by atoms with Gasteiger partial charge in [-0.05, 0) is 42.7 Å². The second-order valence-corrected chi connectivity index (χ2v) is 6.46. The molecule has 0 bridgehead atoms. The normalized spacial score (nSPS) is 10.7. The Bertz CT molecular complexity index is 984. The first-order chi connectivity index (χ1) is 13.9. The van der Waals surface area contributed by atoms with Gasteiger partial charge in [0.2, 0.25) is 0 Å². The monoisotopic (exact) mass is 371 g/mol. The summed E-state index contributed by atoms with van der Waals surface area (Å²) < 4.78 is 5.39. The zero-order chi connectivity index (χ0) is 19.0. The zero-order valence-corrected chi connectivity index (χ0v) is 15.5. The predicted molar refractivity (Wildman–Crippen MR) is 108 cm³/mol. The molecule has 0 amide bonds. The Balaban J connectivity index is 1.30. The number of pyridine rings is 2. The van der Waals surface area contributed by atoms with Gasteiger partial charge in [0, 0.05) is 18.8 Å². The fourth-order valence-corrected chi connectivity index (χ4v) is 2.88. The summed E-state index contributed by atoms with van der Waals surface area (Å²) >= 11 is 0. The molecule has 0 aliphatic heterocycles. The Morgan fingerprint density at radius 1 is 0.857 bits per heavy atom. The van der Waals surface area contributed by atoms with Crippen molar-refractivity contribution < 1.29 is 4.52 Å². The lowest BCUT2D eigenvalue weighted by Gasteiger charge is -2.04. The number of hydrogen-bond acceptors (Lipinski definition) is 6. The highest BCUT2D eigenvalue weighted by molar-refractivity contribution is 5.54. The Hall–Kier alpha value is -3.54. The Morgan fingerprint density at radius 2 is 1.75 bits per heavy atom. The van der Waals surface area contributed by atoms with E-state index in [1.807, 2.05) is 36.4 Å². The molecule has 6 nitrogen and oxygen atoms in total. The molecule has 0 atom stereocenters. The predicted octanol–water partition coefficient (Wildman–Crippen LogP) is 4.31. The summed E-state index contributed by atoms with van der Waals surface area (Å²) in [5.74, 6) is 2.00. The van der Waals surface area contributed by atoms with Gasteiger partial charge in [-0.25, -0.2) is 4.98 Å². The van der Waals surface area contributed by atoms with Crippen molar-refractivity contribution >= 4 is 5.82 Å². The van der Waals surface area contributed by atoms with Crippen LogP contribution in [0.4, 0.5) is 5.82 Å². The third-order valence-electron chi connectivity index (χ3n) is 4.36. The van der Waals surface area contributed by atoms with Gasteiger partial charge in [-0.2, -0.15) is 4.98 Å². The fourth-order valence-electron chi connectivity index (χ4n) is 2.88. The molecule has 0 unspecified atom stereocenters. The molecule has 0 saturated carbocycles. The van der Waals surface area contributed by atoms with Crippen LogP contribution in [0.5, 0.6) is 0 Å². The van der Waals surface area contributed by atoms with Crippen LogP contribution >= 0.6 is 0 Å². The largest absolute Gasteiger partial charge is 0.364 e. The lowest BCUT2D eigenvalue weighted by molar-refractivity contribution is 0.421. The molecule has 140 valence electrons. The maximum absolute atomic E-state index is 5.39. The zero-order valence-electron chi connectivity index (χ0n) is 15.5. The summed E-state index contributed by atoms with van der Waals surface area (Å²) in [6.07, 6.45) is 6.29. The number of aromatic nitrogens is 4. The summed E-state index contributed by atoms with van der Waals surface area (Å²) in [7, 11) is 0. The molecule has 0 radical (unpaired) electrons. The number of hydrogen-bond donors (Lipinski definition) is 1. The maximum Gasteiger partial charge on any atom is 0.259 e. The van der Waals surface area contributed by atoms with Crippen molar-refractivity contribution in [2.24, 2.45) is 0 Å². The van der Waals surface area contributed by atoms with E-state index in [1.54, 1.807) is 12.4 Å². The highest BCUT2D eigenvalue weighted by atomic mass is 16.5. The minimum absolute atomic E-state index is 0.499. The topological polar surface area (TPSA) is 76.7 Å². The van der Waals surface area contributed by atoms with Crippen LogP contribution < -0.4 is 5.32 Å². The molecule has 3 heterocycles. The van der Waals surface area contributed by atoms with Gasteiger partial charge in [-0.15, -0.1) is 0 Å². The first-order valence-corrected chi connectivity index (χ1v) is 9.33. The van der Waals surface area contributed by atoms with Crippen molar-refractivity contribution in [2.45, 2.75) is 25.8 Å². The summed E-state index contributed by atoms with van der Waals surface area (Å²) in [5.41, 5.74) is 3.10.